The van der Waals surface area contributed by atoms with Gasteiger partial charge in [0.1, 0.15) is 12.4 Å². The van der Waals surface area contributed by atoms with Crippen LogP contribution in [0.4, 0.5) is 0 Å². The number of guanidine groups is 1. The Labute approximate surface area is 184 Å². The normalized spacial score (nSPS) is 15.8. The quantitative estimate of drug-likeness (QED) is 0.206. The third-order valence-corrected chi connectivity index (χ3v) is 5.96. The van der Waals surface area contributed by atoms with Gasteiger partial charge in [-0.1, -0.05) is 6.42 Å². The maximum atomic E-state index is 5.30. The minimum absolute atomic E-state index is 0. The molecule has 1 aromatic heterocycles. The summed E-state index contributed by atoms with van der Waals surface area (Å²) < 4.78 is 7.29. The molecule has 156 valence electrons. The minimum Gasteiger partial charge on any atom is -0.385 e. The number of aromatic nitrogens is 3. The first-order valence-electron chi connectivity index (χ1n) is 9.45. The number of nitrogens with zero attached hydrogens (tertiary/aromatic N) is 4. The highest BCUT2D eigenvalue weighted by Gasteiger charge is 2.36. The van der Waals surface area contributed by atoms with E-state index >= 15 is 0 Å². The molecule has 2 N–H and O–H groups in total. The van der Waals surface area contributed by atoms with E-state index in [4.69, 9.17) is 9.73 Å². The molecule has 1 aliphatic carbocycles. The van der Waals surface area contributed by atoms with Crippen LogP contribution in [0.1, 0.15) is 43.8 Å². The van der Waals surface area contributed by atoms with Crippen molar-refractivity contribution in [2.45, 2.75) is 45.6 Å². The molecule has 0 radical (unpaired) electrons. The molecule has 0 atom stereocenters. The molecular weight excluding hydrogens is 475 g/mol. The zero-order valence-corrected chi connectivity index (χ0v) is 20.2. The number of nitrogens with one attached hydrogen (secondary N) is 2. The molecule has 0 amide bonds. The van der Waals surface area contributed by atoms with Crippen molar-refractivity contribution >= 4 is 41.7 Å². The summed E-state index contributed by atoms with van der Waals surface area (Å²) in [7, 11) is 3.76. The summed E-state index contributed by atoms with van der Waals surface area (Å²) in [6.45, 7) is 5.18. The molecule has 1 saturated carbocycles. The van der Waals surface area contributed by atoms with Gasteiger partial charge in [0.15, 0.2) is 11.8 Å². The number of aliphatic imine (C=N–C) groups is 1. The molecule has 1 fully saturated rings. The highest BCUT2D eigenvalue weighted by molar-refractivity contribution is 14.0. The Hall–Kier alpha value is -0.550. The Morgan fingerprint density at radius 1 is 1.33 bits per heavy atom. The fraction of sp³-hybridized carbons (Fsp3) is 0.833. The van der Waals surface area contributed by atoms with Gasteiger partial charge in [-0.15, -0.1) is 34.2 Å². The van der Waals surface area contributed by atoms with Crippen LogP contribution < -0.4 is 10.6 Å². The third-order valence-electron chi connectivity index (χ3n) is 5.26. The second kappa shape index (κ2) is 12.8. The van der Waals surface area contributed by atoms with E-state index in [1.54, 1.807) is 7.11 Å². The summed E-state index contributed by atoms with van der Waals surface area (Å²) in [5.41, 5.74) is 0.360. The lowest BCUT2D eigenvalue weighted by Gasteiger charge is -2.42. The van der Waals surface area contributed by atoms with Crippen LogP contribution >= 0.6 is 35.7 Å². The monoisotopic (exact) mass is 510 g/mol. The first-order valence-corrected chi connectivity index (χ1v) is 10.8. The molecule has 1 aromatic rings. The summed E-state index contributed by atoms with van der Waals surface area (Å²) in [6.07, 6.45) is 8.23. The Morgan fingerprint density at radius 2 is 2.11 bits per heavy atom. The Balaban J connectivity index is 0.00000364. The molecule has 0 bridgehead atoms. The number of halogens is 1. The third kappa shape index (κ3) is 7.77. The minimum atomic E-state index is 0. The molecule has 0 saturated heterocycles. The first-order chi connectivity index (χ1) is 12.6. The topological polar surface area (TPSA) is 76.4 Å². The van der Waals surface area contributed by atoms with Gasteiger partial charge in [0.25, 0.3) is 0 Å². The maximum Gasteiger partial charge on any atom is 0.191 e. The summed E-state index contributed by atoms with van der Waals surface area (Å²) in [4.78, 5) is 4.74. The van der Waals surface area contributed by atoms with Crippen LogP contribution in [0.3, 0.4) is 0 Å². The molecule has 7 nitrogen and oxygen atoms in total. The average Bonchev–Trinajstić information content (AvgIpc) is 2.93. The highest BCUT2D eigenvalue weighted by atomic mass is 127. The summed E-state index contributed by atoms with van der Waals surface area (Å²) in [6, 6.07) is 0. The second-order valence-corrected chi connectivity index (χ2v) is 8.10. The van der Waals surface area contributed by atoms with E-state index in [2.05, 4.69) is 27.1 Å². The summed E-state index contributed by atoms with van der Waals surface area (Å²) in [5.74, 6) is 3.81. The summed E-state index contributed by atoms with van der Waals surface area (Å²) >= 11 is 1.87. The van der Waals surface area contributed by atoms with E-state index in [-0.39, 0.29) is 24.0 Å². The molecule has 1 heterocycles. The van der Waals surface area contributed by atoms with Gasteiger partial charge in [-0.25, -0.2) is 4.99 Å². The van der Waals surface area contributed by atoms with Gasteiger partial charge in [0.2, 0.25) is 0 Å². The number of thioether (sulfide) groups is 1. The van der Waals surface area contributed by atoms with Crippen molar-refractivity contribution in [3.63, 3.8) is 0 Å². The SMILES string of the molecule is COCCC1(CNC(=NCc2nnc(C)n2C)NCCCSC)CCC1.I. The fourth-order valence-electron chi connectivity index (χ4n) is 3.12. The van der Waals surface area contributed by atoms with Gasteiger partial charge < -0.3 is 19.9 Å². The van der Waals surface area contributed by atoms with Crippen molar-refractivity contribution in [2.24, 2.45) is 17.5 Å². The van der Waals surface area contributed by atoms with E-state index in [1.807, 2.05) is 30.3 Å². The van der Waals surface area contributed by atoms with Crippen molar-refractivity contribution in [2.75, 3.05) is 38.8 Å². The molecule has 0 aliphatic heterocycles. The van der Waals surface area contributed by atoms with Gasteiger partial charge >= 0.3 is 0 Å². The van der Waals surface area contributed by atoms with E-state index in [9.17, 15) is 0 Å². The largest absolute Gasteiger partial charge is 0.385 e. The van der Waals surface area contributed by atoms with Crippen LogP contribution in [0.5, 0.6) is 0 Å². The molecule has 27 heavy (non-hydrogen) atoms. The molecule has 0 aromatic carbocycles. The van der Waals surface area contributed by atoms with Crippen LogP contribution in [0.25, 0.3) is 0 Å². The molecule has 0 unspecified atom stereocenters. The van der Waals surface area contributed by atoms with Crippen LogP contribution in [0.15, 0.2) is 4.99 Å². The van der Waals surface area contributed by atoms with E-state index in [0.717, 1.165) is 55.9 Å². The number of hydrogen-bond acceptors (Lipinski definition) is 5. The smallest absolute Gasteiger partial charge is 0.191 e. The van der Waals surface area contributed by atoms with Gasteiger partial charge in [0.05, 0.1) is 0 Å². The molecule has 9 heteroatoms. The van der Waals surface area contributed by atoms with Crippen LogP contribution in [0.2, 0.25) is 0 Å². The van der Waals surface area contributed by atoms with Crippen LogP contribution in [-0.2, 0) is 18.3 Å². The van der Waals surface area contributed by atoms with Crippen LogP contribution in [-0.4, -0.2) is 59.5 Å². The Kier molecular flexibility index (Phi) is 11.6. The zero-order valence-electron chi connectivity index (χ0n) is 17.1. The Bertz CT molecular complexity index is 576. The lowest BCUT2D eigenvalue weighted by atomic mass is 9.67. The van der Waals surface area contributed by atoms with Crippen molar-refractivity contribution in [1.29, 1.82) is 0 Å². The highest BCUT2D eigenvalue weighted by Crippen LogP contribution is 2.43. The van der Waals surface area contributed by atoms with Crippen molar-refractivity contribution in [1.82, 2.24) is 25.4 Å². The van der Waals surface area contributed by atoms with Crippen molar-refractivity contribution < 1.29 is 4.74 Å². The zero-order chi connectivity index (χ0) is 18.8. The number of aryl methyl sites for hydroxylation is 1. The van der Waals surface area contributed by atoms with Crippen LogP contribution in [0, 0.1) is 12.3 Å². The van der Waals surface area contributed by atoms with Gasteiger partial charge in [-0.2, -0.15) is 11.8 Å². The van der Waals surface area contributed by atoms with Crippen molar-refractivity contribution in [3.05, 3.63) is 11.6 Å². The standard InChI is InChI=1S/C18H34N6OS.HI/c1-15-22-23-16(24(15)2)13-20-17(19-10-6-12-26-4)21-14-18(7-5-8-18)9-11-25-3;/h5-14H2,1-4H3,(H2,19,20,21);1H. The number of methoxy groups -OCH3 is 1. The Morgan fingerprint density at radius 3 is 2.67 bits per heavy atom. The van der Waals surface area contributed by atoms with E-state index in [0.29, 0.717) is 12.0 Å². The van der Waals surface area contributed by atoms with Gasteiger partial charge in [-0.3, -0.25) is 0 Å². The maximum absolute atomic E-state index is 5.30. The molecule has 1 aliphatic rings. The average molecular weight is 510 g/mol. The van der Waals surface area contributed by atoms with Gasteiger partial charge in [0, 0.05) is 33.9 Å². The molecule has 2 rings (SSSR count). The predicted molar refractivity (Wildman–Crippen MR) is 124 cm³/mol. The lowest BCUT2D eigenvalue weighted by molar-refractivity contribution is 0.0732. The summed E-state index contributed by atoms with van der Waals surface area (Å²) in [5, 5.41) is 15.3. The van der Waals surface area contributed by atoms with E-state index < -0.39 is 0 Å². The number of rotatable bonds is 11. The molecular formula is C18H35IN6OS. The lowest BCUT2D eigenvalue weighted by Crippen LogP contribution is -2.47. The number of ether oxygens (including phenoxy) is 1. The first kappa shape index (κ1) is 24.5. The number of hydrogen-bond donors (Lipinski definition) is 2. The van der Waals surface area contributed by atoms with Gasteiger partial charge in [-0.05, 0) is 50.0 Å². The second-order valence-electron chi connectivity index (χ2n) is 7.11. The fourth-order valence-corrected chi connectivity index (χ4v) is 3.55. The molecule has 0 spiro atoms. The van der Waals surface area contributed by atoms with Crippen molar-refractivity contribution in [3.8, 4) is 0 Å². The predicted octanol–water partition coefficient (Wildman–Crippen LogP) is 2.74. The van der Waals surface area contributed by atoms with E-state index in [1.165, 1.54) is 19.3 Å².